The zero-order valence-corrected chi connectivity index (χ0v) is 11.7. The Hall–Kier alpha value is -0.640. The molecule has 1 N–H and O–H groups in total. The Morgan fingerprint density at radius 3 is 2.35 bits per heavy atom. The number of anilines is 1. The summed E-state index contributed by atoms with van der Waals surface area (Å²) < 4.78 is 4.87. The predicted octanol–water partition coefficient (Wildman–Crippen LogP) is 4.01. The van der Waals surface area contributed by atoms with Crippen molar-refractivity contribution in [1.82, 2.24) is 0 Å². The van der Waals surface area contributed by atoms with Gasteiger partial charge < -0.3 is 10.1 Å². The summed E-state index contributed by atoms with van der Waals surface area (Å²) >= 11 is 17.7. The molecule has 6 heteroatoms. The largest absolute Gasteiger partial charge is 0.464 e. The van der Waals surface area contributed by atoms with Crippen LogP contribution in [0.4, 0.5) is 5.69 Å². The van der Waals surface area contributed by atoms with Gasteiger partial charge in [-0.2, -0.15) is 0 Å². The van der Waals surface area contributed by atoms with Crippen LogP contribution in [0.2, 0.25) is 15.1 Å². The van der Waals surface area contributed by atoms with E-state index in [4.69, 9.17) is 39.5 Å². The van der Waals surface area contributed by atoms with Crippen molar-refractivity contribution < 1.29 is 9.53 Å². The van der Waals surface area contributed by atoms with Gasteiger partial charge in [0.2, 0.25) is 0 Å². The fourth-order valence-electron chi connectivity index (χ4n) is 1.22. The molecule has 1 unspecified atom stereocenters. The molecule has 94 valence electrons. The molecular weight excluding hydrogens is 284 g/mol. The van der Waals surface area contributed by atoms with Crippen molar-refractivity contribution in [2.75, 3.05) is 11.9 Å². The summed E-state index contributed by atoms with van der Waals surface area (Å²) in [5, 5.41) is 4.05. The SMILES string of the molecule is CCOC(=O)C(C)Nc1c(Cl)cc(Cl)cc1Cl. The summed E-state index contributed by atoms with van der Waals surface area (Å²) in [6.07, 6.45) is 0. The zero-order chi connectivity index (χ0) is 13.0. The van der Waals surface area contributed by atoms with Crippen molar-refractivity contribution >= 4 is 46.5 Å². The molecule has 0 aliphatic rings. The lowest BCUT2D eigenvalue weighted by Crippen LogP contribution is -2.28. The van der Waals surface area contributed by atoms with Gasteiger partial charge in [-0.15, -0.1) is 0 Å². The van der Waals surface area contributed by atoms with Crippen molar-refractivity contribution in [3.05, 3.63) is 27.2 Å². The standard InChI is InChI=1S/C11H12Cl3NO2/c1-3-17-11(16)6(2)15-10-8(13)4-7(12)5-9(10)14/h4-6,15H,3H2,1-2H3. The van der Waals surface area contributed by atoms with Gasteiger partial charge in [-0.25, -0.2) is 4.79 Å². The van der Waals surface area contributed by atoms with Gasteiger partial charge in [0.25, 0.3) is 0 Å². The lowest BCUT2D eigenvalue weighted by atomic mass is 10.2. The van der Waals surface area contributed by atoms with E-state index >= 15 is 0 Å². The van der Waals surface area contributed by atoms with Crippen LogP contribution < -0.4 is 5.32 Å². The Kier molecular flexibility index (Phi) is 5.37. The van der Waals surface area contributed by atoms with Gasteiger partial charge >= 0.3 is 5.97 Å². The van der Waals surface area contributed by atoms with Gasteiger partial charge in [-0.3, -0.25) is 0 Å². The number of halogens is 3. The van der Waals surface area contributed by atoms with Crippen LogP contribution in [0.25, 0.3) is 0 Å². The lowest BCUT2D eigenvalue weighted by Gasteiger charge is -2.16. The minimum atomic E-state index is -0.536. The van der Waals surface area contributed by atoms with E-state index in [0.29, 0.717) is 27.4 Å². The fourth-order valence-corrected chi connectivity index (χ4v) is 2.15. The number of hydrogen-bond donors (Lipinski definition) is 1. The van der Waals surface area contributed by atoms with E-state index in [2.05, 4.69) is 5.32 Å². The highest BCUT2D eigenvalue weighted by Gasteiger charge is 2.17. The minimum Gasteiger partial charge on any atom is -0.464 e. The second kappa shape index (κ2) is 6.34. The van der Waals surface area contributed by atoms with Crippen molar-refractivity contribution in [2.24, 2.45) is 0 Å². The van der Waals surface area contributed by atoms with E-state index < -0.39 is 6.04 Å². The molecule has 17 heavy (non-hydrogen) atoms. The van der Waals surface area contributed by atoms with E-state index in [9.17, 15) is 4.79 Å². The van der Waals surface area contributed by atoms with E-state index in [0.717, 1.165) is 0 Å². The Labute approximate surface area is 115 Å². The number of rotatable bonds is 4. The van der Waals surface area contributed by atoms with Gasteiger partial charge in [0, 0.05) is 5.02 Å². The molecule has 0 aromatic heterocycles. The summed E-state index contributed by atoms with van der Waals surface area (Å²) in [5.74, 6) is -0.366. The normalized spacial score (nSPS) is 12.1. The van der Waals surface area contributed by atoms with Crippen LogP contribution in [-0.2, 0) is 9.53 Å². The molecule has 1 rings (SSSR count). The number of carbonyl (C=O) groups excluding carboxylic acids is 1. The molecule has 0 heterocycles. The van der Waals surface area contributed by atoms with Crippen LogP contribution in [-0.4, -0.2) is 18.6 Å². The maximum Gasteiger partial charge on any atom is 0.328 e. The summed E-state index contributed by atoms with van der Waals surface area (Å²) in [6.45, 7) is 3.74. The third kappa shape index (κ3) is 3.95. The van der Waals surface area contributed by atoms with Crippen LogP contribution in [0.5, 0.6) is 0 Å². The topological polar surface area (TPSA) is 38.3 Å². The van der Waals surface area contributed by atoms with Gasteiger partial charge in [0.1, 0.15) is 6.04 Å². The number of carbonyl (C=O) groups is 1. The van der Waals surface area contributed by atoms with Crippen LogP contribution >= 0.6 is 34.8 Å². The first-order valence-corrected chi connectivity index (χ1v) is 6.16. The van der Waals surface area contributed by atoms with Crippen molar-refractivity contribution in [1.29, 1.82) is 0 Å². The molecule has 0 aliphatic heterocycles. The number of benzene rings is 1. The third-order valence-electron chi connectivity index (χ3n) is 2.01. The monoisotopic (exact) mass is 295 g/mol. The van der Waals surface area contributed by atoms with Crippen LogP contribution in [0, 0.1) is 0 Å². The fraction of sp³-hybridized carbons (Fsp3) is 0.364. The highest BCUT2D eigenvalue weighted by Crippen LogP contribution is 2.34. The first-order valence-electron chi connectivity index (χ1n) is 5.03. The van der Waals surface area contributed by atoms with Crippen LogP contribution in [0.3, 0.4) is 0 Å². The Morgan fingerprint density at radius 2 is 1.88 bits per heavy atom. The molecule has 0 spiro atoms. The van der Waals surface area contributed by atoms with E-state index in [-0.39, 0.29) is 5.97 Å². The lowest BCUT2D eigenvalue weighted by molar-refractivity contribution is -0.143. The molecule has 0 saturated heterocycles. The van der Waals surface area contributed by atoms with E-state index in [1.807, 2.05) is 0 Å². The van der Waals surface area contributed by atoms with Crippen molar-refractivity contribution in [3.8, 4) is 0 Å². The molecule has 0 fully saturated rings. The Bertz CT molecular complexity index is 400. The quantitative estimate of drug-likeness (QED) is 0.853. The number of esters is 1. The van der Waals surface area contributed by atoms with E-state index in [1.54, 1.807) is 26.0 Å². The molecule has 3 nitrogen and oxygen atoms in total. The highest BCUT2D eigenvalue weighted by molar-refractivity contribution is 6.41. The van der Waals surface area contributed by atoms with Crippen LogP contribution in [0.1, 0.15) is 13.8 Å². The molecule has 0 amide bonds. The van der Waals surface area contributed by atoms with Crippen molar-refractivity contribution in [3.63, 3.8) is 0 Å². The molecule has 0 saturated carbocycles. The minimum absolute atomic E-state index is 0.326. The average molecular weight is 297 g/mol. The first kappa shape index (κ1) is 14.4. The molecule has 0 radical (unpaired) electrons. The smallest absolute Gasteiger partial charge is 0.328 e. The first-order chi connectivity index (χ1) is 7.95. The molecule has 1 aromatic rings. The van der Waals surface area contributed by atoms with Gasteiger partial charge in [-0.05, 0) is 26.0 Å². The molecule has 0 aliphatic carbocycles. The summed E-state index contributed by atoms with van der Waals surface area (Å²) in [7, 11) is 0. The summed E-state index contributed by atoms with van der Waals surface area (Å²) in [6, 6.07) is 2.57. The molecular formula is C11H12Cl3NO2. The maximum atomic E-state index is 11.4. The van der Waals surface area contributed by atoms with Gasteiger partial charge in [0.15, 0.2) is 0 Å². The zero-order valence-electron chi connectivity index (χ0n) is 9.39. The maximum absolute atomic E-state index is 11.4. The second-order valence-corrected chi connectivity index (χ2v) is 4.61. The second-order valence-electron chi connectivity index (χ2n) is 3.36. The third-order valence-corrected chi connectivity index (χ3v) is 2.82. The molecule has 1 atom stereocenters. The number of nitrogens with one attached hydrogen (secondary N) is 1. The van der Waals surface area contributed by atoms with Gasteiger partial charge in [-0.1, -0.05) is 34.8 Å². The summed E-state index contributed by atoms with van der Waals surface area (Å²) in [4.78, 5) is 11.4. The molecule has 1 aromatic carbocycles. The summed E-state index contributed by atoms with van der Waals surface area (Å²) in [5.41, 5.74) is 0.471. The van der Waals surface area contributed by atoms with E-state index in [1.165, 1.54) is 0 Å². The van der Waals surface area contributed by atoms with Crippen LogP contribution in [0.15, 0.2) is 12.1 Å². The predicted molar refractivity (Wildman–Crippen MR) is 71.2 cm³/mol. The number of ether oxygens (including phenoxy) is 1. The van der Waals surface area contributed by atoms with Crippen molar-refractivity contribution in [2.45, 2.75) is 19.9 Å². The number of hydrogen-bond acceptors (Lipinski definition) is 3. The average Bonchev–Trinajstić information content (AvgIpc) is 2.23. The van der Waals surface area contributed by atoms with Gasteiger partial charge in [0.05, 0.1) is 22.3 Å². The Balaban J connectivity index is 2.85. The Morgan fingerprint density at radius 1 is 1.35 bits per heavy atom. The molecule has 0 bridgehead atoms. The highest BCUT2D eigenvalue weighted by atomic mass is 35.5.